The molecule has 7 aliphatic rings. The van der Waals surface area contributed by atoms with E-state index in [1.807, 2.05) is 12.3 Å². The van der Waals surface area contributed by atoms with E-state index in [2.05, 4.69) is 145 Å². The van der Waals surface area contributed by atoms with Crippen LogP contribution in [0.3, 0.4) is 0 Å². The van der Waals surface area contributed by atoms with Crippen LogP contribution in [0.5, 0.6) is 11.5 Å². The van der Waals surface area contributed by atoms with Crippen LogP contribution in [-0.4, -0.2) is 18.7 Å². The third-order valence-electron chi connectivity index (χ3n) is 12.2. The molecule has 4 heterocycles. The first-order chi connectivity index (χ1) is 25.6. The first-order valence-corrected chi connectivity index (χ1v) is 18.8. The van der Waals surface area contributed by atoms with Crippen LogP contribution in [0.2, 0.25) is 0 Å². The monoisotopic (exact) mass is 681 g/mol. The lowest BCUT2D eigenvalue weighted by molar-refractivity contribution is 0.0326. The number of rotatable bonds is 4. The van der Waals surface area contributed by atoms with E-state index in [4.69, 9.17) is 15.2 Å². The molecule has 4 aliphatic heterocycles. The molecule has 3 aliphatic carbocycles. The van der Waals surface area contributed by atoms with Crippen molar-refractivity contribution in [2.75, 3.05) is 11.4 Å². The van der Waals surface area contributed by atoms with Gasteiger partial charge in [-0.3, -0.25) is 0 Å². The number of hydrogen-bond acceptors (Lipinski definition) is 5. The fourth-order valence-corrected chi connectivity index (χ4v) is 9.93. The molecular weight excluding hydrogens is 639 g/mol. The van der Waals surface area contributed by atoms with Gasteiger partial charge >= 0.3 is 0 Å². The van der Waals surface area contributed by atoms with Gasteiger partial charge in [0, 0.05) is 52.2 Å². The maximum absolute atomic E-state index is 7.12. The highest BCUT2D eigenvalue weighted by molar-refractivity contribution is 5.78. The van der Waals surface area contributed by atoms with Crippen LogP contribution in [0.15, 0.2) is 168 Å². The Morgan fingerprint density at radius 1 is 0.942 bits per heavy atom. The van der Waals surface area contributed by atoms with E-state index >= 15 is 0 Å². The van der Waals surface area contributed by atoms with Gasteiger partial charge in [0.1, 0.15) is 23.4 Å². The van der Waals surface area contributed by atoms with Crippen molar-refractivity contribution in [2.24, 2.45) is 11.7 Å². The van der Waals surface area contributed by atoms with Gasteiger partial charge in [-0.1, -0.05) is 91.1 Å². The Bertz CT molecular complexity index is 2280. The van der Waals surface area contributed by atoms with Crippen LogP contribution in [0.1, 0.15) is 60.8 Å². The van der Waals surface area contributed by atoms with E-state index in [0.717, 1.165) is 65.3 Å². The fourth-order valence-electron chi connectivity index (χ4n) is 9.93. The van der Waals surface area contributed by atoms with Crippen molar-refractivity contribution in [1.29, 1.82) is 0 Å². The average molecular weight is 682 g/mol. The summed E-state index contributed by atoms with van der Waals surface area (Å²) in [5.74, 6) is 3.38. The number of fused-ring (bicyclic) bond motifs is 11. The SMILES string of the molecule is C/C=C(\C=C(/N)C1=CC=CNC1)c1ccc2c(c1)Oc1ccccc1C21C2=CCCC=C2OC2C=C(N3c4ccccc4C4C=CC=CC43)CCC21. The normalized spacial score (nSPS) is 28.0. The number of nitrogens with two attached hydrogens (primary N) is 1. The molecule has 3 aromatic rings. The second-order valence-electron chi connectivity index (χ2n) is 14.8. The van der Waals surface area contributed by atoms with Crippen molar-refractivity contribution in [1.82, 2.24) is 5.32 Å². The van der Waals surface area contributed by atoms with Gasteiger partial charge in [0.05, 0.1) is 11.5 Å². The van der Waals surface area contributed by atoms with Gasteiger partial charge in [-0.2, -0.15) is 0 Å². The van der Waals surface area contributed by atoms with E-state index in [0.29, 0.717) is 12.5 Å². The highest BCUT2D eigenvalue weighted by Gasteiger charge is 2.58. The molecule has 0 radical (unpaired) electrons. The van der Waals surface area contributed by atoms with Gasteiger partial charge in [-0.15, -0.1) is 0 Å². The van der Waals surface area contributed by atoms with Crippen molar-refractivity contribution >= 4 is 11.3 Å². The zero-order chi connectivity index (χ0) is 34.8. The largest absolute Gasteiger partial charge is 0.486 e. The molecule has 1 spiro atoms. The highest BCUT2D eigenvalue weighted by Crippen LogP contribution is 2.63. The van der Waals surface area contributed by atoms with E-state index < -0.39 is 5.41 Å². The number of para-hydroxylation sites is 2. The van der Waals surface area contributed by atoms with Gasteiger partial charge < -0.3 is 25.4 Å². The molecule has 0 aromatic heterocycles. The molecule has 0 saturated carbocycles. The minimum atomic E-state index is -0.422. The second kappa shape index (κ2) is 12.2. The smallest absolute Gasteiger partial charge is 0.132 e. The van der Waals surface area contributed by atoms with Gasteiger partial charge in [0.2, 0.25) is 0 Å². The van der Waals surface area contributed by atoms with Crippen molar-refractivity contribution in [3.8, 4) is 11.5 Å². The zero-order valence-corrected chi connectivity index (χ0v) is 29.5. The molecule has 0 amide bonds. The van der Waals surface area contributed by atoms with E-state index in [1.54, 1.807) is 0 Å². The summed E-state index contributed by atoms with van der Waals surface area (Å²) in [4.78, 5) is 2.60. The Kier molecular flexibility index (Phi) is 7.31. The minimum Gasteiger partial charge on any atom is -0.486 e. The number of anilines is 1. The van der Waals surface area contributed by atoms with Crippen LogP contribution in [0.25, 0.3) is 5.57 Å². The zero-order valence-electron chi connectivity index (χ0n) is 29.5. The number of allylic oxidation sites excluding steroid dienone is 11. The summed E-state index contributed by atoms with van der Waals surface area (Å²) in [7, 11) is 0. The van der Waals surface area contributed by atoms with Crippen molar-refractivity contribution in [3.05, 3.63) is 190 Å². The molecule has 52 heavy (non-hydrogen) atoms. The predicted octanol–water partition coefficient (Wildman–Crippen LogP) is 9.76. The summed E-state index contributed by atoms with van der Waals surface area (Å²) >= 11 is 0. The lowest BCUT2D eigenvalue weighted by Gasteiger charge is -2.55. The van der Waals surface area contributed by atoms with Crippen LogP contribution in [-0.2, 0) is 10.2 Å². The molecule has 5 atom stereocenters. The average Bonchev–Trinajstić information content (AvgIpc) is 3.54. The van der Waals surface area contributed by atoms with Crippen LogP contribution in [0.4, 0.5) is 5.69 Å². The predicted molar refractivity (Wildman–Crippen MR) is 210 cm³/mol. The summed E-state index contributed by atoms with van der Waals surface area (Å²) in [5.41, 5.74) is 18.0. The number of benzene rings is 3. The Labute approximate surface area is 306 Å². The first kappa shape index (κ1) is 31.1. The van der Waals surface area contributed by atoms with Gasteiger partial charge in [0.15, 0.2) is 0 Å². The topological polar surface area (TPSA) is 59.8 Å². The Hall–Kier alpha value is -5.68. The third-order valence-corrected chi connectivity index (χ3v) is 12.2. The van der Waals surface area contributed by atoms with Crippen molar-refractivity contribution in [3.63, 3.8) is 0 Å². The maximum atomic E-state index is 7.12. The molecule has 1 fully saturated rings. The molecule has 5 nitrogen and oxygen atoms in total. The van der Waals surface area contributed by atoms with Crippen LogP contribution >= 0.6 is 0 Å². The molecular formula is C47H43N3O2. The summed E-state index contributed by atoms with van der Waals surface area (Å²) in [5, 5.41) is 3.27. The van der Waals surface area contributed by atoms with Gasteiger partial charge in [0.25, 0.3) is 0 Å². The lowest BCUT2D eigenvalue weighted by Crippen LogP contribution is -2.52. The number of nitrogens with one attached hydrogen (secondary N) is 1. The molecule has 5 heteroatoms. The Balaban J connectivity index is 1.11. The molecule has 258 valence electrons. The molecule has 3 aromatic carbocycles. The Morgan fingerprint density at radius 3 is 2.69 bits per heavy atom. The summed E-state index contributed by atoms with van der Waals surface area (Å²) in [6.45, 7) is 2.79. The second-order valence-corrected chi connectivity index (χ2v) is 14.8. The number of dihydropyridines is 1. The number of nitrogens with zero attached hydrogens (tertiary/aromatic N) is 1. The fraction of sp³-hybridized carbons (Fsp3) is 0.234. The summed E-state index contributed by atoms with van der Waals surface area (Å²) < 4.78 is 14.0. The van der Waals surface area contributed by atoms with E-state index in [9.17, 15) is 0 Å². The quantitative estimate of drug-likeness (QED) is 0.269. The van der Waals surface area contributed by atoms with Gasteiger partial charge in [-0.05, 0) is 104 Å². The van der Waals surface area contributed by atoms with Crippen LogP contribution in [0, 0.1) is 5.92 Å². The molecule has 1 saturated heterocycles. The first-order valence-electron chi connectivity index (χ1n) is 18.8. The maximum Gasteiger partial charge on any atom is 0.132 e. The van der Waals surface area contributed by atoms with Gasteiger partial charge in [-0.25, -0.2) is 0 Å². The lowest BCUT2D eigenvalue weighted by atomic mass is 9.54. The van der Waals surface area contributed by atoms with E-state index in [-0.39, 0.29) is 18.1 Å². The van der Waals surface area contributed by atoms with Crippen molar-refractivity contribution < 1.29 is 9.47 Å². The minimum absolute atomic E-state index is 0.0986. The standard InChI is InChI=1S/C47H43N3O2/c1-2-30(26-40(48)32-12-11-25-49-29-32)31-21-23-38-45(27-31)51-43-19-9-5-15-36(43)47(38)37-16-6-10-20-44(37)52-46-28-33(22-24-39(46)47)50-41-17-7-3-13-34(41)35-14-4-8-18-42(35)50/h2-5,7-9,11-21,23,25-28,34,39,41,46,49H,6,10,22,24,29,48H2,1H3/b30-2+,40-26-. The number of ether oxygens (including phenoxy) is 2. The Morgan fingerprint density at radius 2 is 1.79 bits per heavy atom. The van der Waals surface area contributed by atoms with Crippen LogP contribution < -0.4 is 20.7 Å². The highest BCUT2D eigenvalue weighted by atomic mass is 16.5. The molecule has 10 rings (SSSR count). The summed E-state index contributed by atoms with van der Waals surface area (Å²) in [6, 6.07) is 24.7. The van der Waals surface area contributed by atoms with E-state index in [1.165, 1.54) is 33.6 Å². The molecule has 0 bridgehead atoms. The summed E-state index contributed by atoms with van der Waals surface area (Å²) in [6.07, 6.45) is 30.5. The number of hydrogen-bond donors (Lipinski definition) is 2. The third kappa shape index (κ3) is 4.61. The molecule has 5 unspecified atom stereocenters. The van der Waals surface area contributed by atoms with Crippen molar-refractivity contribution in [2.45, 2.75) is 56.1 Å². The molecule has 3 N–H and O–H groups in total.